The molecule has 170 valence electrons. The molecule has 9 nitrogen and oxygen atoms in total. The van der Waals surface area contributed by atoms with Crippen LogP contribution in [0.25, 0.3) is 0 Å². The monoisotopic (exact) mass is 457 g/mol. The van der Waals surface area contributed by atoms with Crippen molar-refractivity contribution in [1.82, 2.24) is 9.97 Å². The van der Waals surface area contributed by atoms with Crippen LogP contribution >= 0.6 is 0 Å². The van der Waals surface area contributed by atoms with Crippen molar-refractivity contribution in [2.45, 2.75) is 50.3 Å². The van der Waals surface area contributed by atoms with Gasteiger partial charge in [-0.15, -0.1) is 0 Å². The first-order chi connectivity index (χ1) is 15.0. The molecule has 10 heteroatoms. The zero-order valence-corrected chi connectivity index (χ0v) is 19.4. The molecule has 0 saturated carbocycles. The molecular formula is C22H27N5O4S. The topological polar surface area (TPSA) is 137 Å². The second-order valence-corrected chi connectivity index (χ2v) is 11.4. The Morgan fingerprint density at radius 2 is 2.03 bits per heavy atom. The third-order valence-electron chi connectivity index (χ3n) is 6.41. The quantitative estimate of drug-likeness (QED) is 0.720. The fourth-order valence-electron chi connectivity index (χ4n) is 4.30. The van der Waals surface area contributed by atoms with Gasteiger partial charge in [0.2, 0.25) is 5.88 Å². The molecule has 0 fully saturated rings. The first-order valence-electron chi connectivity index (χ1n) is 10.4. The number of nitrogens with two attached hydrogens (primary N) is 1. The number of sulfone groups is 1. The van der Waals surface area contributed by atoms with Gasteiger partial charge in [0.1, 0.15) is 21.8 Å². The molecule has 1 aliphatic heterocycles. The van der Waals surface area contributed by atoms with Gasteiger partial charge in [0.15, 0.2) is 9.84 Å². The molecule has 1 amide bonds. The number of hydrogen-bond acceptors (Lipinski definition) is 8. The minimum atomic E-state index is -3.53. The minimum Gasteiger partial charge on any atom is -0.480 e. The van der Waals surface area contributed by atoms with Gasteiger partial charge in [0.05, 0.1) is 24.8 Å². The lowest BCUT2D eigenvalue weighted by Gasteiger charge is -2.43. The van der Waals surface area contributed by atoms with Crippen LogP contribution in [0.3, 0.4) is 0 Å². The number of aliphatic imine (C=N–C) groups is 1. The van der Waals surface area contributed by atoms with Gasteiger partial charge in [-0.05, 0) is 63.3 Å². The standard InChI is InChI=1S/C22H27N5O4S/c1-13-18(24-11-17(25-13)31-4)19(28)26-15-8-7-14-6-5-9-22(16(14)10-15)12-32(29,30)21(2,3)20(23)27-22/h7-8,10-11H,5-6,9,12H2,1-4H3,(H2,23,27)(H,26,28). The Bertz CT molecular complexity index is 1240. The van der Waals surface area contributed by atoms with Crippen molar-refractivity contribution in [3.63, 3.8) is 0 Å². The summed E-state index contributed by atoms with van der Waals surface area (Å²) in [5.41, 5.74) is 8.18. The summed E-state index contributed by atoms with van der Waals surface area (Å²) in [4.78, 5) is 25.9. The maximum Gasteiger partial charge on any atom is 0.276 e. The molecule has 1 aromatic heterocycles. The number of anilines is 1. The molecule has 1 aliphatic carbocycles. The van der Waals surface area contributed by atoms with Crippen LogP contribution in [0.5, 0.6) is 5.88 Å². The van der Waals surface area contributed by atoms with Crippen LogP contribution in [-0.4, -0.2) is 47.7 Å². The number of methoxy groups -OCH3 is 1. The summed E-state index contributed by atoms with van der Waals surface area (Å²) in [7, 11) is -2.05. The highest BCUT2D eigenvalue weighted by Gasteiger charge is 2.51. The number of hydrogen-bond donors (Lipinski definition) is 2. The van der Waals surface area contributed by atoms with E-state index in [1.165, 1.54) is 13.3 Å². The van der Waals surface area contributed by atoms with E-state index in [1.807, 2.05) is 12.1 Å². The summed E-state index contributed by atoms with van der Waals surface area (Å²) < 4.78 is 30.0. The lowest BCUT2D eigenvalue weighted by molar-refractivity contribution is 0.102. The van der Waals surface area contributed by atoms with Crippen LogP contribution < -0.4 is 15.8 Å². The summed E-state index contributed by atoms with van der Waals surface area (Å²) in [6, 6.07) is 5.52. The van der Waals surface area contributed by atoms with Gasteiger partial charge in [-0.3, -0.25) is 9.79 Å². The second kappa shape index (κ2) is 7.54. The van der Waals surface area contributed by atoms with Crippen molar-refractivity contribution in [3.05, 3.63) is 46.9 Å². The molecule has 2 heterocycles. The molecule has 0 radical (unpaired) electrons. The van der Waals surface area contributed by atoms with Crippen molar-refractivity contribution in [3.8, 4) is 5.88 Å². The summed E-state index contributed by atoms with van der Waals surface area (Å²) in [6.45, 7) is 4.86. The van der Waals surface area contributed by atoms with E-state index >= 15 is 0 Å². The first kappa shape index (κ1) is 22.2. The van der Waals surface area contributed by atoms with Gasteiger partial charge in [0.25, 0.3) is 5.91 Å². The zero-order valence-electron chi connectivity index (χ0n) is 18.6. The Labute approximate surface area is 187 Å². The Morgan fingerprint density at radius 3 is 2.69 bits per heavy atom. The number of rotatable bonds is 3. The number of aromatic nitrogens is 2. The normalized spacial score (nSPS) is 23.2. The van der Waals surface area contributed by atoms with E-state index in [0.717, 1.165) is 24.0 Å². The summed E-state index contributed by atoms with van der Waals surface area (Å²) >= 11 is 0. The maximum absolute atomic E-state index is 13.1. The van der Waals surface area contributed by atoms with E-state index in [1.54, 1.807) is 26.8 Å². The van der Waals surface area contributed by atoms with E-state index in [2.05, 4.69) is 15.3 Å². The SMILES string of the molecule is COc1cnc(C(=O)Nc2ccc3c(c2)C2(CCC3)CS(=O)(=O)C(C)(C)C(N)=N2)c(C)n1. The molecule has 32 heavy (non-hydrogen) atoms. The third kappa shape index (κ3) is 3.52. The van der Waals surface area contributed by atoms with Crippen LogP contribution in [0.4, 0.5) is 5.69 Å². The smallest absolute Gasteiger partial charge is 0.276 e. The highest BCUT2D eigenvalue weighted by Crippen LogP contribution is 2.45. The number of carbonyl (C=O) groups excluding carboxylic acids is 1. The van der Waals surface area contributed by atoms with Crippen LogP contribution in [0.1, 0.15) is 54.0 Å². The number of nitrogens with zero attached hydrogens (tertiary/aromatic N) is 3. The number of nitrogens with one attached hydrogen (secondary N) is 1. The van der Waals surface area contributed by atoms with Crippen molar-refractivity contribution in [1.29, 1.82) is 0 Å². The largest absolute Gasteiger partial charge is 0.480 e. The number of amidine groups is 1. The number of ether oxygens (including phenoxy) is 1. The highest BCUT2D eigenvalue weighted by molar-refractivity contribution is 7.93. The number of fused-ring (bicyclic) bond motifs is 2. The van der Waals surface area contributed by atoms with Crippen LogP contribution in [0, 0.1) is 6.92 Å². The summed E-state index contributed by atoms with van der Waals surface area (Å²) in [5, 5.41) is 2.85. The number of amides is 1. The Kier molecular flexibility index (Phi) is 5.23. The van der Waals surface area contributed by atoms with Crippen molar-refractivity contribution in [2.75, 3.05) is 18.2 Å². The van der Waals surface area contributed by atoms with Crippen molar-refractivity contribution in [2.24, 2.45) is 10.7 Å². The van der Waals surface area contributed by atoms with Crippen molar-refractivity contribution >= 4 is 27.3 Å². The van der Waals surface area contributed by atoms with Crippen LogP contribution in [0.15, 0.2) is 29.4 Å². The average molecular weight is 458 g/mol. The number of benzene rings is 1. The fourth-order valence-corrected chi connectivity index (χ4v) is 6.02. The molecule has 1 aromatic carbocycles. The summed E-state index contributed by atoms with van der Waals surface area (Å²) in [5.74, 6) is -0.0778. The fraction of sp³-hybridized carbons (Fsp3) is 0.455. The molecule has 2 aliphatic rings. The Balaban J connectivity index is 1.72. The van der Waals surface area contributed by atoms with Gasteiger partial charge in [0, 0.05) is 5.69 Å². The molecule has 0 bridgehead atoms. The second-order valence-electron chi connectivity index (χ2n) is 8.82. The van der Waals surface area contributed by atoms with E-state index in [0.29, 0.717) is 23.7 Å². The molecule has 3 N–H and O–H groups in total. The minimum absolute atomic E-state index is 0.110. The number of carbonyl (C=O) groups is 1. The van der Waals surface area contributed by atoms with E-state index in [9.17, 15) is 13.2 Å². The van der Waals surface area contributed by atoms with Crippen LogP contribution in [0.2, 0.25) is 0 Å². The lowest BCUT2D eigenvalue weighted by atomic mass is 9.77. The first-order valence-corrected chi connectivity index (χ1v) is 12.0. The van der Waals surface area contributed by atoms with Crippen LogP contribution in [-0.2, 0) is 21.8 Å². The van der Waals surface area contributed by atoms with Gasteiger partial charge in [-0.2, -0.15) is 0 Å². The molecule has 0 saturated heterocycles. The molecule has 1 unspecified atom stereocenters. The zero-order chi connectivity index (χ0) is 23.3. The van der Waals surface area contributed by atoms with E-state index in [-0.39, 0.29) is 17.3 Å². The van der Waals surface area contributed by atoms with E-state index in [4.69, 9.17) is 15.5 Å². The van der Waals surface area contributed by atoms with Gasteiger partial charge < -0.3 is 15.8 Å². The van der Waals surface area contributed by atoms with Gasteiger partial charge >= 0.3 is 0 Å². The average Bonchev–Trinajstić information content (AvgIpc) is 2.72. The lowest BCUT2D eigenvalue weighted by Crippen LogP contribution is -2.56. The number of aryl methyl sites for hydroxylation is 2. The molecule has 2 aromatic rings. The summed E-state index contributed by atoms with van der Waals surface area (Å²) in [6.07, 6.45) is 3.59. The van der Waals surface area contributed by atoms with Crippen molar-refractivity contribution < 1.29 is 17.9 Å². The Hall–Kier alpha value is -3.01. The van der Waals surface area contributed by atoms with Gasteiger partial charge in [-0.25, -0.2) is 18.4 Å². The van der Waals surface area contributed by atoms with E-state index < -0.39 is 26.0 Å². The molecule has 4 rings (SSSR count). The highest BCUT2D eigenvalue weighted by atomic mass is 32.2. The van der Waals surface area contributed by atoms with Gasteiger partial charge in [-0.1, -0.05) is 6.07 Å². The maximum atomic E-state index is 13.1. The molecule has 1 atom stereocenters. The molecule has 1 spiro atoms. The predicted molar refractivity (Wildman–Crippen MR) is 122 cm³/mol. The Morgan fingerprint density at radius 1 is 1.28 bits per heavy atom. The predicted octanol–water partition coefficient (Wildman–Crippen LogP) is 2.14. The third-order valence-corrected chi connectivity index (χ3v) is 9.03. The molecular weight excluding hydrogens is 430 g/mol.